The molecule has 10 heteroatoms. The summed E-state index contributed by atoms with van der Waals surface area (Å²) >= 11 is 6.77. The van der Waals surface area contributed by atoms with Crippen molar-refractivity contribution in [1.29, 1.82) is 0 Å². The Hall–Kier alpha value is -2.23. The number of methoxy groups -OCH3 is 1. The summed E-state index contributed by atoms with van der Waals surface area (Å²) in [6.45, 7) is 3.21. The van der Waals surface area contributed by atoms with Crippen molar-refractivity contribution in [1.82, 2.24) is 4.98 Å². The molecule has 0 unspecified atom stereocenters. The standard InChI is InChI=1S/C23H28ClN3O5S/c1-30-16-6-8-17(9-7-16)32-23-20-21(19(24)22(25-23)26-10-2-3-11-26)33(28,29)14-12-27(20)15-18-5-4-13-31-18/h6-9,18H,2-5,10-15H2,1H3/t18-/m1/s1. The molecule has 0 spiro atoms. The molecule has 1 aromatic carbocycles. The molecule has 0 N–H and O–H groups in total. The fraction of sp³-hybridized carbons (Fsp3) is 0.522. The van der Waals surface area contributed by atoms with Gasteiger partial charge in [0.15, 0.2) is 15.7 Å². The van der Waals surface area contributed by atoms with Gasteiger partial charge in [0.05, 0.1) is 19.0 Å². The number of anilines is 2. The van der Waals surface area contributed by atoms with Crippen molar-refractivity contribution < 1.29 is 22.6 Å². The second-order valence-corrected chi connectivity index (χ2v) is 11.0. The molecular weight excluding hydrogens is 466 g/mol. The van der Waals surface area contributed by atoms with Crippen LogP contribution in [-0.2, 0) is 14.6 Å². The molecule has 0 aliphatic carbocycles. The highest BCUT2D eigenvalue weighted by Gasteiger charge is 2.39. The van der Waals surface area contributed by atoms with E-state index < -0.39 is 9.84 Å². The number of rotatable bonds is 6. The molecule has 0 radical (unpaired) electrons. The first-order valence-electron chi connectivity index (χ1n) is 11.4. The smallest absolute Gasteiger partial charge is 0.246 e. The largest absolute Gasteiger partial charge is 0.497 e. The number of hydrogen-bond acceptors (Lipinski definition) is 8. The molecule has 2 saturated heterocycles. The summed E-state index contributed by atoms with van der Waals surface area (Å²) in [5.41, 5.74) is 0.431. The minimum atomic E-state index is -3.60. The SMILES string of the molecule is COc1ccc(Oc2nc(N3CCCC3)c(Cl)c3c2N(C[C@H]2CCCO2)CCS3(=O)=O)cc1. The average molecular weight is 494 g/mol. The van der Waals surface area contributed by atoms with Gasteiger partial charge in [0, 0.05) is 32.8 Å². The minimum absolute atomic E-state index is 0.00211. The number of hydrogen-bond donors (Lipinski definition) is 0. The number of ether oxygens (including phenoxy) is 3. The molecule has 33 heavy (non-hydrogen) atoms. The van der Waals surface area contributed by atoms with E-state index in [-0.39, 0.29) is 27.7 Å². The third kappa shape index (κ3) is 4.46. The van der Waals surface area contributed by atoms with Gasteiger partial charge in [-0.1, -0.05) is 11.6 Å². The van der Waals surface area contributed by atoms with Gasteiger partial charge in [-0.15, -0.1) is 0 Å². The van der Waals surface area contributed by atoms with Crippen molar-refractivity contribution in [3.63, 3.8) is 0 Å². The summed E-state index contributed by atoms with van der Waals surface area (Å²) in [4.78, 5) is 8.96. The lowest BCUT2D eigenvalue weighted by Gasteiger charge is -2.35. The molecule has 5 rings (SSSR count). The summed E-state index contributed by atoms with van der Waals surface area (Å²) in [5, 5.41) is 0.186. The highest BCUT2D eigenvalue weighted by molar-refractivity contribution is 7.91. The highest BCUT2D eigenvalue weighted by atomic mass is 35.5. The third-order valence-corrected chi connectivity index (χ3v) is 8.62. The van der Waals surface area contributed by atoms with Gasteiger partial charge in [-0.3, -0.25) is 0 Å². The number of aromatic nitrogens is 1. The van der Waals surface area contributed by atoms with Crippen LogP contribution >= 0.6 is 11.6 Å². The Labute approximate surface area is 199 Å². The van der Waals surface area contributed by atoms with Crippen LogP contribution in [0.15, 0.2) is 29.2 Å². The zero-order valence-electron chi connectivity index (χ0n) is 18.6. The van der Waals surface area contributed by atoms with Crippen LogP contribution in [0.2, 0.25) is 5.02 Å². The Balaban J connectivity index is 1.63. The van der Waals surface area contributed by atoms with E-state index in [9.17, 15) is 8.42 Å². The van der Waals surface area contributed by atoms with E-state index in [2.05, 4.69) is 0 Å². The van der Waals surface area contributed by atoms with Gasteiger partial charge in [-0.2, -0.15) is 4.98 Å². The zero-order valence-corrected chi connectivity index (χ0v) is 20.2. The Bertz CT molecular complexity index is 1110. The van der Waals surface area contributed by atoms with E-state index >= 15 is 0 Å². The normalized spacial score (nSPS) is 21.8. The van der Waals surface area contributed by atoms with Crippen LogP contribution in [0.1, 0.15) is 25.7 Å². The average Bonchev–Trinajstić information content (AvgIpc) is 3.52. The summed E-state index contributed by atoms with van der Waals surface area (Å²) in [6.07, 6.45) is 4.03. The molecule has 0 saturated carbocycles. The Kier molecular flexibility index (Phi) is 6.28. The number of sulfone groups is 1. The number of benzene rings is 1. The molecule has 2 fully saturated rings. The van der Waals surface area contributed by atoms with Gasteiger partial charge in [0.2, 0.25) is 5.88 Å². The molecule has 4 heterocycles. The number of nitrogens with zero attached hydrogens (tertiary/aromatic N) is 3. The van der Waals surface area contributed by atoms with Gasteiger partial charge in [-0.05, 0) is 49.9 Å². The van der Waals surface area contributed by atoms with Gasteiger partial charge in [-0.25, -0.2) is 8.42 Å². The lowest BCUT2D eigenvalue weighted by molar-refractivity contribution is 0.115. The second-order valence-electron chi connectivity index (χ2n) is 8.60. The number of halogens is 1. The molecule has 0 bridgehead atoms. The molecule has 8 nitrogen and oxygen atoms in total. The van der Waals surface area contributed by atoms with Gasteiger partial charge in [0.25, 0.3) is 0 Å². The van der Waals surface area contributed by atoms with Crippen LogP contribution in [0.25, 0.3) is 0 Å². The van der Waals surface area contributed by atoms with Gasteiger partial charge >= 0.3 is 0 Å². The van der Waals surface area contributed by atoms with E-state index in [0.717, 1.165) is 45.4 Å². The van der Waals surface area contributed by atoms with Crippen molar-refractivity contribution in [2.75, 3.05) is 55.4 Å². The fourth-order valence-electron chi connectivity index (χ4n) is 4.69. The molecule has 2 aromatic rings. The molecule has 0 amide bonds. The topological polar surface area (TPSA) is 81.2 Å². The Morgan fingerprint density at radius 2 is 1.85 bits per heavy atom. The summed E-state index contributed by atoms with van der Waals surface area (Å²) in [6, 6.07) is 7.14. The van der Waals surface area contributed by atoms with Crippen LogP contribution in [0.3, 0.4) is 0 Å². The maximum absolute atomic E-state index is 13.3. The fourth-order valence-corrected chi connectivity index (χ4v) is 6.83. The van der Waals surface area contributed by atoms with Crippen LogP contribution in [0.4, 0.5) is 11.5 Å². The summed E-state index contributed by atoms with van der Waals surface area (Å²) in [7, 11) is -2.00. The Morgan fingerprint density at radius 3 is 2.52 bits per heavy atom. The quantitative estimate of drug-likeness (QED) is 0.599. The lowest BCUT2D eigenvalue weighted by atomic mass is 10.2. The zero-order chi connectivity index (χ0) is 23.0. The monoisotopic (exact) mass is 493 g/mol. The Morgan fingerprint density at radius 1 is 1.12 bits per heavy atom. The van der Waals surface area contributed by atoms with Crippen LogP contribution in [0.5, 0.6) is 17.4 Å². The lowest BCUT2D eigenvalue weighted by Crippen LogP contribution is -2.40. The molecule has 3 aliphatic heterocycles. The maximum Gasteiger partial charge on any atom is 0.246 e. The molecule has 178 valence electrons. The highest BCUT2D eigenvalue weighted by Crippen LogP contribution is 2.47. The molecule has 1 atom stereocenters. The van der Waals surface area contributed by atoms with E-state index in [1.807, 2.05) is 9.80 Å². The molecule has 3 aliphatic rings. The van der Waals surface area contributed by atoms with Crippen molar-refractivity contribution in [2.24, 2.45) is 0 Å². The minimum Gasteiger partial charge on any atom is -0.497 e. The summed E-state index contributed by atoms with van der Waals surface area (Å²) in [5.74, 6) is 1.97. The van der Waals surface area contributed by atoms with Crippen LogP contribution in [-0.4, -0.2) is 65.2 Å². The van der Waals surface area contributed by atoms with Crippen molar-refractivity contribution >= 4 is 32.9 Å². The predicted octanol–water partition coefficient (Wildman–Crippen LogP) is 3.91. The first-order valence-corrected chi connectivity index (χ1v) is 13.4. The van der Waals surface area contributed by atoms with E-state index in [0.29, 0.717) is 36.1 Å². The maximum atomic E-state index is 13.3. The van der Waals surface area contributed by atoms with E-state index in [4.69, 9.17) is 30.8 Å². The first kappa shape index (κ1) is 22.6. The van der Waals surface area contributed by atoms with Crippen molar-refractivity contribution in [2.45, 2.75) is 36.7 Å². The molecular formula is C23H28ClN3O5S. The predicted molar refractivity (Wildman–Crippen MR) is 127 cm³/mol. The van der Waals surface area contributed by atoms with E-state index in [1.54, 1.807) is 31.4 Å². The molecule has 1 aromatic heterocycles. The number of pyridine rings is 1. The van der Waals surface area contributed by atoms with Crippen molar-refractivity contribution in [3.8, 4) is 17.4 Å². The van der Waals surface area contributed by atoms with Gasteiger partial charge < -0.3 is 24.0 Å². The third-order valence-electron chi connectivity index (χ3n) is 6.41. The van der Waals surface area contributed by atoms with Crippen molar-refractivity contribution in [3.05, 3.63) is 29.3 Å². The summed E-state index contributed by atoms with van der Waals surface area (Å²) < 4.78 is 43.8. The first-order chi connectivity index (χ1) is 16.0. The van der Waals surface area contributed by atoms with Crippen LogP contribution < -0.4 is 19.3 Å². The second kappa shape index (κ2) is 9.19. The number of fused-ring (bicyclic) bond motifs is 1. The van der Waals surface area contributed by atoms with Crippen LogP contribution in [0, 0.1) is 0 Å². The van der Waals surface area contributed by atoms with E-state index in [1.165, 1.54) is 0 Å². The van der Waals surface area contributed by atoms with Gasteiger partial charge in [0.1, 0.15) is 27.1 Å².